The van der Waals surface area contributed by atoms with Gasteiger partial charge in [0.05, 0.1) is 11.2 Å². The monoisotopic (exact) mass is 957 g/mol. The van der Waals surface area contributed by atoms with Gasteiger partial charge in [0.2, 0.25) is 0 Å². The molecule has 0 bridgehead atoms. The fourth-order valence-electron chi connectivity index (χ4n) is 6.75. The predicted molar refractivity (Wildman–Crippen MR) is 243 cm³/mol. The standard InChI is InChI=1S/2C20H20N.C13H24O2.Ir/c2*1-14-11-16(13-17(12-14)20(2,3)4)19-18-8-6-5-7-15(18)9-10-21-19;1-5-10(6-2)12(14)9-13(15)11(7-3)8-4;/h2*5-10,12-13H,1-4H3;9-11,14H,5-8H2,1-4H3;/q2*-1;;/b;;12-9-;/i2*9D,10D;;. The Kier molecular flexibility index (Phi) is 15.5. The van der Waals surface area contributed by atoms with E-state index in [1.807, 2.05) is 90.1 Å². The van der Waals surface area contributed by atoms with Gasteiger partial charge in [-0.25, -0.2) is 0 Å². The first kappa shape index (κ1) is 41.7. The summed E-state index contributed by atoms with van der Waals surface area (Å²) in [6.07, 6.45) is 4.92. The van der Waals surface area contributed by atoms with Crippen LogP contribution in [0.3, 0.4) is 0 Å². The van der Waals surface area contributed by atoms with E-state index in [2.05, 4.69) is 87.9 Å². The van der Waals surface area contributed by atoms with Crippen molar-refractivity contribution in [2.75, 3.05) is 0 Å². The van der Waals surface area contributed by atoms with Gasteiger partial charge in [-0.05, 0) is 81.5 Å². The van der Waals surface area contributed by atoms with Crippen molar-refractivity contribution < 1.29 is 35.5 Å². The van der Waals surface area contributed by atoms with Crippen LogP contribution in [0.15, 0.2) is 109 Å². The number of benzene rings is 4. The number of rotatable bonds is 9. The summed E-state index contributed by atoms with van der Waals surface area (Å²) < 4.78 is 32.2. The first-order valence-corrected chi connectivity index (χ1v) is 20.4. The number of carbonyl (C=O) groups is 1. The topological polar surface area (TPSA) is 63.1 Å². The average molecular weight is 957 g/mol. The molecule has 2 heterocycles. The molecule has 4 aromatic carbocycles. The zero-order valence-corrected chi connectivity index (χ0v) is 39.0. The second-order valence-corrected chi connectivity index (χ2v) is 16.9. The quantitative estimate of drug-likeness (QED) is 0.0891. The summed E-state index contributed by atoms with van der Waals surface area (Å²) in [7, 11) is 0. The van der Waals surface area contributed by atoms with Crippen molar-refractivity contribution in [1.29, 1.82) is 0 Å². The van der Waals surface area contributed by atoms with Crippen LogP contribution in [0.1, 0.15) is 123 Å². The number of allylic oxidation sites excluding steroid dienone is 2. The molecule has 0 saturated carbocycles. The Morgan fingerprint density at radius 2 is 1.05 bits per heavy atom. The molecule has 0 aliphatic heterocycles. The fraction of sp³-hybridized carbons (Fsp3) is 0.377. The van der Waals surface area contributed by atoms with Gasteiger partial charge >= 0.3 is 0 Å². The third-order valence-corrected chi connectivity index (χ3v) is 10.4. The van der Waals surface area contributed by atoms with Gasteiger partial charge < -0.3 is 15.1 Å². The number of carbonyl (C=O) groups excluding carboxylic acids is 1. The van der Waals surface area contributed by atoms with Crippen LogP contribution < -0.4 is 0 Å². The van der Waals surface area contributed by atoms with E-state index in [1.165, 1.54) is 17.2 Å². The molecule has 6 aromatic rings. The van der Waals surface area contributed by atoms with Crippen molar-refractivity contribution in [3.8, 4) is 22.5 Å². The summed E-state index contributed by atoms with van der Waals surface area (Å²) in [5.41, 5.74) is 7.85. The summed E-state index contributed by atoms with van der Waals surface area (Å²) in [5.74, 6) is 0.547. The van der Waals surface area contributed by atoms with Crippen molar-refractivity contribution >= 4 is 27.3 Å². The Morgan fingerprint density at radius 3 is 1.41 bits per heavy atom. The minimum atomic E-state index is 0. The predicted octanol–water partition coefficient (Wildman–Crippen LogP) is 14.5. The zero-order valence-electron chi connectivity index (χ0n) is 40.6. The molecule has 0 fully saturated rings. The van der Waals surface area contributed by atoms with Crippen LogP contribution in [0.4, 0.5) is 0 Å². The van der Waals surface area contributed by atoms with Gasteiger partial charge in [0.25, 0.3) is 0 Å². The van der Waals surface area contributed by atoms with Gasteiger partial charge in [0, 0.05) is 50.4 Å². The van der Waals surface area contributed by atoms with Crippen LogP contribution in [-0.2, 0) is 35.7 Å². The van der Waals surface area contributed by atoms with Crippen molar-refractivity contribution in [1.82, 2.24) is 9.97 Å². The minimum absolute atomic E-state index is 0. The first-order chi connectivity index (χ1) is 28.6. The van der Waals surface area contributed by atoms with E-state index in [9.17, 15) is 9.90 Å². The summed E-state index contributed by atoms with van der Waals surface area (Å²) in [6.45, 7) is 25.2. The van der Waals surface area contributed by atoms with Crippen LogP contribution >= 0.6 is 0 Å². The van der Waals surface area contributed by atoms with Gasteiger partial charge in [0.15, 0.2) is 5.78 Å². The van der Waals surface area contributed by atoms with Crippen molar-refractivity contribution in [3.63, 3.8) is 0 Å². The molecule has 0 spiro atoms. The van der Waals surface area contributed by atoms with E-state index >= 15 is 0 Å². The molecule has 0 atom stereocenters. The number of pyridine rings is 2. The molecule has 309 valence electrons. The number of nitrogens with zero attached hydrogens (tertiary/aromatic N) is 2. The van der Waals surface area contributed by atoms with E-state index in [-0.39, 0.29) is 78.7 Å². The average Bonchev–Trinajstić information content (AvgIpc) is 3.21. The van der Waals surface area contributed by atoms with Crippen LogP contribution in [-0.4, -0.2) is 20.9 Å². The Bertz CT molecular complexity index is 2360. The summed E-state index contributed by atoms with van der Waals surface area (Å²) in [4.78, 5) is 20.5. The molecule has 5 heteroatoms. The molecule has 0 saturated heterocycles. The minimum Gasteiger partial charge on any atom is -0.512 e. The van der Waals surface area contributed by atoms with Crippen LogP contribution in [0.25, 0.3) is 44.1 Å². The molecular formula is C53H64IrN2O2-2. The third kappa shape index (κ3) is 12.8. The summed E-state index contributed by atoms with van der Waals surface area (Å²) in [6, 6.07) is 30.9. The van der Waals surface area contributed by atoms with E-state index in [4.69, 9.17) is 5.48 Å². The van der Waals surface area contributed by atoms with Crippen LogP contribution in [0, 0.1) is 37.8 Å². The Morgan fingerprint density at radius 1 is 0.672 bits per heavy atom. The second-order valence-electron chi connectivity index (χ2n) is 16.9. The smallest absolute Gasteiger partial charge is 0.162 e. The molecule has 0 aliphatic rings. The Balaban J connectivity index is 0.000000253. The van der Waals surface area contributed by atoms with E-state index in [0.29, 0.717) is 0 Å². The first-order valence-electron chi connectivity index (χ1n) is 22.4. The largest absolute Gasteiger partial charge is 0.512 e. The van der Waals surface area contributed by atoms with E-state index in [0.717, 1.165) is 80.9 Å². The van der Waals surface area contributed by atoms with Gasteiger partial charge in [0.1, 0.15) is 0 Å². The van der Waals surface area contributed by atoms with Crippen LogP contribution in [0.5, 0.6) is 0 Å². The van der Waals surface area contributed by atoms with Gasteiger partial charge in [-0.2, -0.15) is 0 Å². The number of aliphatic hydroxyl groups is 1. The number of fused-ring (bicyclic) bond motifs is 2. The number of aryl methyl sites for hydroxylation is 2. The van der Waals surface area contributed by atoms with Gasteiger partial charge in [-0.15, -0.1) is 69.8 Å². The molecule has 4 nitrogen and oxygen atoms in total. The maximum Gasteiger partial charge on any atom is 0.162 e. The molecule has 58 heavy (non-hydrogen) atoms. The second kappa shape index (κ2) is 21.5. The van der Waals surface area contributed by atoms with Gasteiger partial charge in [-0.1, -0.05) is 132 Å². The number of ketones is 1. The molecule has 2 aromatic heterocycles. The normalized spacial score (nSPS) is 12.8. The summed E-state index contributed by atoms with van der Waals surface area (Å²) >= 11 is 0. The van der Waals surface area contributed by atoms with Crippen molar-refractivity contribution in [2.45, 2.75) is 120 Å². The van der Waals surface area contributed by atoms with Crippen molar-refractivity contribution in [3.05, 3.63) is 143 Å². The maximum atomic E-state index is 11.7. The van der Waals surface area contributed by atoms with Gasteiger partial charge in [-0.3, -0.25) is 4.79 Å². The molecule has 0 amide bonds. The number of aromatic nitrogens is 2. The maximum absolute atomic E-state index is 11.7. The SMILES string of the molecule is CCC(CC)C(=O)/C=C(\O)C(CC)CC.[2H]c1nc(-c2[c-]c(C)cc(C(C)(C)C)c2)c2ccccc2c1[2H].[2H]c1nc(-c2[c-]c(C)cc(C(C)(C)C)c2)c2ccccc2c1[2H].[Ir]. The molecular weight excluding hydrogens is 889 g/mol. The van der Waals surface area contributed by atoms with E-state index in [1.54, 1.807) is 0 Å². The number of aliphatic hydroxyl groups excluding tert-OH is 1. The molecule has 0 unspecified atom stereocenters. The Labute approximate surface area is 368 Å². The molecule has 1 N–H and O–H groups in total. The fourth-order valence-corrected chi connectivity index (χ4v) is 6.75. The van der Waals surface area contributed by atoms with Crippen molar-refractivity contribution in [2.24, 2.45) is 11.8 Å². The Hall–Kier alpha value is -4.44. The van der Waals surface area contributed by atoms with E-state index < -0.39 is 0 Å². The molecule has 6 rings (SSSR count). The number of hydrogen-bond acceptors (Lipinski definition) is 4. The molecule has 0 aliphatic carbocycles. The number of hydrogen-bond donors (Lipinski definition) is 1. The third-order valence-electron chi connectivity index (χ3n) is 10.4. The summed E-state index contributed by atoms with van der Waals surface area (Å²) in [5, 5.41) is 13.1. The molecule has 1 radical (unpaired) electrons. The van der Waals surface area contributed by atoms with Crippen LogP contribution in [0.2, 0.25) is 0 Å². The zero-order chi connectivity index (χ0) is 45.4.